The van der Waals surface area contributed by atoms with E-state index < -0.39 is 0 Å². The van der Waals surface area contributed by atoms with E-state index in [2.05, 4.69) is 27.5 Å². The van der Waals surface area contributed by atoms with Crippen LogP contribution in [0.25, 0.3) is 0 Å². The number of rotatable bonds is 6. The zero-order valence-corrected chi connectivity index (χ0v) is 14.0. The van der Waals surface area contributed by atoms with Crippen molar-refractivity contribution >= 4 is 11.9 Å². The lowest BCUT2D eigenvalue weighted by atomic mass is 9.86. The van der Waals surface area contributed by atoms with Gasteiger partial charge in [-0.25, -0.2) is 9.97 Å². The van der Waals surface area contributed by atoms with Gasteiger partial charge in [-0.2, -0.15) is 0 Å². The van der Waals surface area contributed by atoms with Crippen LogP contribution in [0.1, 0.15) is 56.8 Å². The van der Waals surface area contributed by atoms with E-state index in [0.29, 0.717) is 24.3 Å². The first-order valence-electron chi connectivity index (χ1n) is 8.40. The standard InChI is InChI=1S/C17H28N4O/c1-12-7-4-5-8-15(12)21-16(22)9-6-10-18-17-19-13(2)11-14(3)20-17/h11-12,15H,4-10H2,1-3H3,(H,21,22)(H,18,19,20). The number of hydrogen-bond donors (Lipinski definition) is 2. The Hall–Kier alpha value is -1.65. The van der Waals surface area contributed by atoms with E-state index in [9.17, 15) is 4.79 Å². The molecule has 0 spiro atoms. The fraction of sp³-hybridized carbons (Fsp3) is 0.706. The van der Waals surface area contributed by atoms with Crippen LogP contribution in [0.4, 0.5) is 5.95 Å². The van der Waals surface area contributed by atoms with Gasteiger partial charge in [0.25, 0.3) is 0 Å². The van der Waals surface area contributed by atoms with Crippen molar-refractivity contribution in [3.8, 4) is 0 Å². The Bertz CT molecular complexity index is 483. The van der Waals surface area contributed by atoms with Crippen molar-refractivity contribution in [2.75, 3.05) is 11.9 Å². The van der Waals surface area contributed by atoms with Crippen molar-refractivity contribution in [1.82, 2.24) is 15.3 Å². The molecule has 0 bridgehead atoms. The number of carbonyl (C=O) groups excluding carboxylic acids is 1. The number of carbonyl (C=O) groups is 1. The Balaban J connectivity index is 1.66. The Kier molecular flexibility index (Phi) is 6.16. The van der Waals surface area contributed by atoms with E-state index in [1.54, 1.807) is 0 Å². The summed E-state index contributed by atoms with van der Waals surface area (Å²) in [6, 6.07) is 2.32. The number of aryl methyl sites for hydroxylation is 2. The first-order chi connectivity index (χ1) is 10.5. The quantitative estimate of drug-likeness (QED) is 0.793. The minimum Gasteiger partial charge on any atom is -0.354 e. The fourth-order valence-corrected chi connectivity index (χ4v) is 3.06. The minimum atomic E-state index is 0.168. The second-order valence-electron chi connectivity index (χ2n) is 6.44. The van der Waals surface area contributed by atoms with E-state index >= 15 is 0 Å². The van der Waals surface area contributed by atoms with E-state index in [4.69, 9.17) is 0 Å². The molecule has 0 saturated heterocycles. The monoisotopic (exact) mass is 304 g/mol. The molecule has 2 rings (SSSR count). The fourth-order valence-electron chi connectivity index (χ4n) is 3.06. The minimum absolute atomic E-state index is 0.168. The van der Waals surface area contributed by atoms with Gasteiger partial charge in [-0.3, -0.25) is 4.79 Å². The highest BCUT2D eigenvalue weighted by Gasteiger charge is 2.22. The molecule has 1 fully saturated rings. The first kappa shape index (κ1) is 16.7. The summed E-state index contributed by atoms with van der Waals surface area (Å²) in [4.78, 5) is 20.7. The Morgan fingerprint density at radius 2 is 1.91 bits per heavy atom. The topological polar surface area (TPSA) is 66.9 Å². The molecule has 1 aromatic rings. The van der Waals surface area contributed by atoms with Crippen LogP contribution in [0.15, 0.2) is 6.07 Å². The van der Waals surface area contributed by atoms with Crippen molar-refractivity contribution in [1.29, 1.82) is 0 Å². The van der Waals surface area contributed by atoms with E-state index in [1.807, 2.05) is 19.9 Å². The molecule has 1 amide bonds. The number of aromatic nitrogens is 2. The van der Waals surface area contributed by atoms with Crippen LogP contribution in [-0.4, -0.2) is 28.5 Å². The maximum absolute atomic E-state index is 12.0. The molecule has 5 heteroatoms. The molecule has 1 aliphatic rings. The molecule has 1 aromatic heterocycles. The summed E-state index contributed by atoms with van der Waals surface area (Å²) in [5, 5.41) is 6.38. The van der Waals surface area contributed by atoms with Crippen molar-refractivity contribution in [2.45, 2.75) is 65.3 Å². The predicted molar refractivity (Wildman–Crippen MR) is 88.8 cm³/mol. The van der Waals surface area contributed by atoms with Gasteiger partial charge in [-0.05, 0) is 45.1 Å². The second kappa shape index (κ2) is 8.11. The molecular weight excluding hydrogens is 276 g/mol. The summed E-state index contributed by atoms with van der Waals surface area (Å²) < 4.78 is 0. The van der Waals surface area contributed by atoms with Gasteiger partial charge >= 0.3 is 0 Å². The van der Waals surface area contributed by atoms with Crippen LogP contribution in [-0.2, 0) is 4.79 Å². The van der Waals surface area contributed by atoms with Gasteiger partial charge in [-0.15, -0.1) is 0 Å². The summed E-state index contributed by atoms with van der Waals surface area (Å²) in [6.07, 6.45) is 6.25. The molecule has 0 radical (unpaired) electrons. The summed E-state index contributed by atoms with van der Waals surface area (Å²) in [5.41, 5.74) is 1.91. The lowest BCUT2D eigenvalue weighted by Gasteiger charge is -2.29. The number of hydrogen-bond acceptors (Lipinski definition) is 4. The summed E-state index contributed by atoms with van der Waals surface area (Å²) >= 11 is 0. The molecule has 5 nitrogen and oxygen atoms in total. The molecular formula is C17H28N4O. The third kappa shape index (κ3) is 5.28. The van der Waals surface area contributed by atoms with Gasteiger partial charge in [0.15, 0.2) is 0 Å². The Labute approximate surface area is 133 Å². The number of anilines is 1. The molecule has 22 heavy (non-hydrogen) atoms. The third-order valence-electron chi connectivity index (χ3n) is 4.30. The largest absolute Gasteiger partial charge is 0.354 e. The smallest absolute Gasteiger partial charge is 0.223 e. The van der Waals surface area contributed by atoms with E-state index in [-0.39, 0.29) is 5.91 Å². The maximum Gasteiger partial charge on any atom is 0.223 e. The number of nitrogens with one attached hydrogen (secondary N) is 2. The van der Waals surface area contributed by atoms with Gasteiger partial charge in [0.1, 0.15) is 0 Å². The zero-order chi connectivity index (χ0) is 15.9. The highest BCUT2D eigenvalue weighted by atomic mass is 16.1. The summed E-state index contributed by atoms with van der Waals surface area (Å²) in [7, 11) is 0. The molecule has 2 unspecified atom stereocenters. The van der Waals surface area contributed by atoms with Crippen LogP contribution in [0.3, 0.4) is 0 Å². The van der Waals surface area contributed by atoms with Gasteiger partial charge in [-0.1, -0.05) is 19.8 Å². The van der Waals surface area contributed by atoms with Gasteiger partial charge in [0.2, 0.25) is 11.9 Å². The third-order valence-corrected chi connectivity index (χ3v) is 4.30. The van der Waals surface area contributed by atoms with E-state index in [0.717, 1.165) is 30.8 Å². The molecule has 2 N–H and O–H groups in total. The summed E-state index contributed by atoms with van der Waals surface area (Å²) in [5.74, 6) is 1.43. The number of nitrogens with zero attached hydrogens (tertiary/aromatic N) is 2. The highest BCUT2D eigenvalue weighted by Crippen LogP contribution is 2.23. The molecule has 2 atom stereocenters. The predicted octanol–water partition coefficient (Wildman–Crippen LogP) is 2.98. The van der Waals surface area contributed by atoms with Crippen LogP contribution in [0.5, 0.6) is 0 Å². The normalized spacial score (nSPS) is 21.4. The maximum atomic E-state index is 12.0. The van der Waals surface area contributed by atoms with Crippen LogP contribution in [0, 0.1) is 19.8 Å². The van der Waals surface area contributed by atoms with Crippen LogP contribution >= 0.6 is 0 Å². The average Bonchev–Trinajstić information content (AvgIpc) is 2.45. The van der Waals surface area contributed by atoms with Gasteiger partial charge < -0.3 is 10.6 Å². The molecule has 0 aliphatic heterocycles. The SMILES string of the molecule is Cc1cc(C)nc(NCCCC(=O)NC2CCCCC2C)n1. The Morgan fingerprint density at radius 1 is 1.23 bits per heavy atom. The molecule has 122 valence electrons. The lowest BCUT2D eigenvalue weighted by molar-refractivity contribution is -0.122. The van der Waals surface area contributed by atoms with Crippen molar-refractivity contribution in [2.24, 2.45) is 5.92 Å². The van der Waals surface area contributed by atoms with Gasteiger partial charge in [0, 0.05) is 30.4 Å². The highest BCUT2D eigenvalue weighted by molar-refractivity contribution is 5.76. The van der Waals surface area contributed by atoms with Crippen LogP contribution in [0.2, 0.25) is 0 Å². The lowest BCUT2D eigenvalue weighted by Crippen LogP contribution is -2.41. The van der Waals surface area contributed by atoms with Crippen LogP contribution < -0.4 is 10.6 Å². The van der Waals surface area contributed by atoms with Gasteiger partial charge in [0.05, 0.1) is 0 Å². The van der Waals surface area contributed by atoms with Crippen molar-refractivity contribution in [3.05, 3.63) is 17.5 Å². The molecule has 1 heterocycles. The van der Waals surface area contributed by atoms with Crippen molar-refractivity contribution in [3.63, 3.8) is 0 Å². The van der Waals surface area contributed by atoms with Crippen molar-refractivity contribution < 1.29 is 4.79 Å². The average molecular weight is 304 g/mol. The summed E-state index contributed by atoms with van der Waals surface area (Å²) in [6.45, 7) is 6.87. The van der Waals surface area contributed by atoms with E-state index in [1.165, 1.54) is 19.3 Å². The first-order valence-corrected chi connectivity index (χ1v) is 8.40. The Morgan fingerprint density at radius 3 is 2.59 bits per heavy atom. The number of amides is 1. The zero-order valence-electron chi connectivity index (χ0n) is 14.0. The molecule has 1 saturated carbocycles. The molecule has 1 aliphatic carbocycles. The molecule has 0 aromatic carbocycles. The second-order valence-corrected chi connectivity index (χ2v) is 6.44.